The molecular weight excluding hydrogens is 346 g/mol. The van der Waals surface area contributed by atoms with Gasteiger partial charge in [-0.1, -0.05) is 36.4 Å². The topological polar surface area (TPSA) is 99.7 Å². The molecule has 2 rings (SSSR count). The monoisotopic (exact) mass is 371 g/mol. The van der Waals surface area contributed by atoms with Crippen molar-refractivity contribution in [2.24, 2.45) is 0 Å². The SMILES string of the molecule is Cc1ccccc1OCC(O)CNCCNC(=O)NC(=O)c1ccccc1. The van der Waals surface area contributed by atoms with Crippen LogP contribution >= 0.6 is 0 Å². The fourth-order valence-electron chi connectivity index (χ4n) is 2.31. The van der Waals surface area contributed by atoms with Gasteiger partial charge < -0.3 is 20.5 Å². The lowest BCUT2D eigenvalue weighted by Gasteiger charge is -2.14. The van der Waals surface area contributed by atoms with Crippen LogP contribution in [0.5, 0.6) is 5.75 Å². The molecule has 144 valence electrons. The van der Waals surface area contributed by atoms with E-state index in [0.29, 0.717) is 25.2 Å². The number of urea groups is 1. The second kappa shape index (κ2) is 10.9. The smallest absolute Gasteiger partial charge is 0.321 e. The van der Waals surface area contributed by atoms with Crippen molar-refractivity contribution < 1.29 is 19.4 Å². The highest BCUT2D eigenvalue weighted by Gasteiger charge is 2.09. The summed E-state index contributed by atoms with van der Waals surface area (Å²) in [5.41, 5.74) is 1.43. The lowest BCUT2D eigenvalue weighted by atomic mass is 10.2. The first-order valence-electron chi connectivity index (χ1n) is 8.77. The minimum Gasteiger partial charge on any atom is -0.491 e. The third kappa shape index (κ3) is 7.47. The first-order chi connectivity index (χ1) is 13.1. The van der Waals surface area contributed by atoms with Crippen LogP contribution in [-0.4, -0.2) is 49.4 Å². The Balaban J connectivity index is 1.55. The van der Waals surface area contributed by atoms with Crippen LogP contribution in [0.4, 0.5) is 4.79 Å². The molecule has 0 saturated carbocycles. The molecule has 7 nitrogen and oxygen atoms in total. The molecule has 0 bridgehead atoms. The van der Waals surface area contributed by atoms with E-state index in [2.05, 4.69) is 16.0 Å². The van der Waals surface area contributed by atoms with Gasteiger partial charge in [0, 0.05) is 25.2 Å². The molecule has 0 heterocycles. The van der Waals surface area contributed by atoms with Crippen LogP contribution in [0.2, 0.25) is 0 Å². The second-order valence-electron chi connectivity index (χ2n) is 6.01. The second-order valence-corrected chi connectivity index (χ2v) is 6.01. The van der Waals surface area contributed by atoms with Gasteiger partial charge >= 0.3 is 6.03 Å². The van der Waals surface area contributed by atoms with Gasteiger partial charge in [0.1, 0.15) is 18.5 Å². The van der Waals surface area contributed by atoms with E-state index in [1.165, 1.54) is 0 Å². The maximum Gasteiger partial charge on any atom is 0.321 e. The Hall–Kier alpha value is -2.90. The molecule has 7 heteroatoms. The predicted octanol–water partition coefficient (Wildman–Crippen LogP) is 1.46. The van der Waals surface area contributed by atoms with E-state index < -0.39 is 18.0 Å². The van der Waals surface area contributed by atoms with Crippen molar-refractivity contribution in [3.8, 4) is 5.75 Å². The van der Waals surface area contributed by atoms with Crippen LogP contribution in [0.1, 0.15) is 15.9 Å². The molecule has 2 aromatic rings. The average molecular weight is 371 g/mol. The summed E-state index contributed by atoms with van der Waals surface area (Å²) in [4.78, 5) is 23.5. The number of carbonyl (C=O) groups is 2. The van der Waals surface area contributed by atoms with E-state index in [9.17, 15) is 14.7 Å². The van der Waals surface area contributed by atoms with Crippen LogP contribution in [0, 0.1) is 6.92 Å². The van der Waals surface area contributed by atoms with Gasteiger partial charge in [-0.15, -0.1) is 0 Å². The van der Waals surface area contributed by atoms with Gasteiger partial charge in [-0.05, 0) is 30.7 Å². The molecule has 0 fully saturated rings. The zero-order valence-electron chi connectivity index (χ0n) is 15.3. The molecule has 0 aromatic heterocycles. The number of amides is 3. The summed E-state index contributed by atoms with van der Waals surface area (Å²) in [7, 11) is 0. The molecule has 4 N–H and O–H groups in total. The van der Waals surface area contributed by atoms with E-state index in [-0.39, 0.29) is 6.61 Å². The van der Waals surface area contributed by atoms with E-state index >= 15 is 0 Å². The normalized spacial score (nSPS) is 11.5. The van der Waals surface area contributed by atoms with Crippen LogP contribution in [0.25, 0.3) is 0 Å². The molecular formula is C20H25N3O4. The Bertz CT molecular complexity index is 737. The van der Waals surface area contributed by atoms with E-state index in [1.54, 1.807) is 30.3 Å². The Morgan fingerprint density at radius 1 is 1.04 bits per heavy atom. The number of ether oxygens (including phenoxy) is 1. The summed E-state index contributed by atoms with van der Waals surface area (Å²) in [5, 5.41) is 17.8. The van der Waals surface area contributed by atoms with Gasteiger partial charge in [-0.25, -0.2) is 4.79 Å². The fraction of sp³-hybridized carbons (Fsp3) is 0.300. The van der Waals surface area contributed by atoms with Crippen molar-refractivity contribution in [3.05, 3.63) is 65.7 Å². The summed E-state index contributed by atoms with van der Waals surface area (Å²) in [6, 6.07) is 15.6. The minimum atomic E-state index is -0.668. The van der Waals surface area contributed by atoms with Crippen molar-refractivity contribution in [1.82, 2.24) is 16.0 Å². The van der Waals surface area contributed by atoms with Gasteiger partial charge in [0.15, 0.2) is 0 Å². The number of aliphatic hydroxyl groups excluding tert-OH is 1. The lowest BCUT2D eigenvalue weighted by molar-refractivity contribution is 0.0964. The Morgan fingerprint density at radius 3 is 2.48 bits per heavy atom. The highest BCUT2D eigenvalue weighted by Crippen LogP contribution is 2.16. The zero-order chi connectivity index (χ0) is 19.5. The summed E-state index contributed by atoms with van der Waals surface area (Å²) in [6.07, 6.45) is -0.668. The molecule has 0 aliphatic heterocycles. The fourth-order valence-corrected chi connectivity index (χ4v) is 2.31. The standard InChI is InChI=1S/C20H25N3O4/c1-15-7-5-6-10-18(15)27-14-17(24)13-21-11-12-22-20(26)23-19(25)16-8-3-2-4-9-16/h2-10,17,21,24H,11-14H2,1H3,(H2,22,23,25,26). The molecule has 0 saturated heterocycles. The van der Waals surface area contributed by atoms with Gasteiger partial charge in [0.25, 0.3) is 5.91 Å². The lowest BCUT2D eigenvalue weighted by Crippen LogP contribution is -2.43. The molecule has 2 aromatic carbocycles. The van der Waals surface area contributed by atoms with Crippen molar-refractivity contribution in [1.29, 1.82) is 0 Å². The molecule has 1 unspecified atom stereocenters. The number of para-hydroxylation sites is 1. The first kappa shape index (κ1) is 20.4. The maximum atomic E-state index is 11.8. The molecule has 0 spiro atoms. The van der Waals surface area contributed by atoms with Gasteiger partial charge in [-0.3, -0.25) is 10.1 Å². The van der Waals surface area contributed by atoms with Crippen LogP contribution < -0.4 is 20.7 Å². The molecule has 0 aliphatic rings. The van der Waals surface area contributed by atoms with E-state index in [0.717, 1.165) is 11.3 Å². The van der Waals surface area contributed by atoms with Crippen molar-refractivity contribution in [2.75, 3.05) is 26.2 Å². The number of aliphatic hydroxyl groups is 1. The van der Waals surface area contributed by atoms with Crippen LogP contribution in [0.15, 0.2) is 54.6 Å². The zero-order valence-corrected chi connectivity index (χ0v) is 15.3. The Labute approximate surface area is 158 Å². The van der Waals surface area contributed by atoms with Crippen molar-refractivity contribution in [3.63, 3.8) is 0 Å². The summed E-state index contributed by atoms with van der Waals surface area (Å²) in [6.45, 7) is 3.22. The third-order valence-corrected chi connectivity index (χ3v) is 3.76. The van der Waals surface area contributed by atoms with E-state index in [1.807, 2.05) is 31.2 Å². The highest BCUT2D eigenvalue weighted by atomic mass is 16.5. The first-order valence-corrected chi connectivity index (χ1v) is 8.77. The Morgan fingerprint density at radius 2 is 1.74 bits per heavy atom. The third-order valence-electron chi connectivity index (χ3n) is 3.76. The number of nitrogens with one attached hydrogen (secondary N) is 3. The number of aryl methyl sites for hydroxylation is 1. The molecule has 1 atom stereocenters. The number of hydrogen-bond donors (Lipinski definition) is 4. The summed E-state index contributed by atoms with van der Waals surface area (Å²) in [5.74, 6) is 0.294. The van der Waals surface area contributed by atoms with E-state index in [4.69, 9.17) is 4.74 Å². The van der Waals surface area contributed by atoms with Crippen LogP contribution in [0.3, 0.4) is 0 Å². The highest BCUT2D eigenvalue weighted by molar-refractivity contribution is 6.04. The predicted molar refractivity (Wildman–Crippen MR) is 103 cm³/mol. The van der Waals surface area contributed by atoms with Gasteiger partial charge in [-0.2, -0.15) is 0 Å². The van der Waals surface area contributed by atoms with Gasteiger partial charge in [0.2, 0.25) is 0 Å². The Kier molecular flexibility index (Phi) is 8.28. The minimum absolute atomic E-state index is 0.178. The molecule has 0 aliphatic carbocycles. The van der Waals surface area contributed by atoms with Gasteiger partial charge in [0.05, 0.1) is 0 Å². The average Bonchev–Trinajstić information content (AvgIpc) is 2.67. The largest absolute Gasteiger partial charge is 0.491 e. The van der Waals surface area contributed by atoms with Crippen LogP contribution in [-0.2, 0) is 0 Å². The quantitative estimate of drug-likeness (QED) is 0.500. The van der Waals surface area contributed by atoms with Crippen molar-refractivity contribution in [2.45, 2.75) is 13.0 Å². The molecule has 3 amide bonds. The summed E-state index contributed by atoms with van der Waals surface area (Å²) < 4.78 is 5.57. The number of imide groups is 1. The number of rotatable bonds is 9. The number of carbonyl (C=O) groups excluding carboxylic acids is 2. The van der Waals surface area contributed by atoms with Crippen molar-refractivity contribution >= 4 is 11.9 Å². The maximum absolute atomic E-state index is 11.8. The molecule has 27 heavy (non-hydrogen) atoms. The number of benzene rings is 2. The molecule has 0 radical (unpaired) electrons. The summed E-state index contributed by atoms with van der Waals surface area (Å²) >= 11 is 0. The number of hydrogen-bond acceptors (Lipinski definition) is 5.